The van der Waals surface area contributed by atoms with Crippen LogP contribution in [0.5, 0.6) is 23.0 Å². The highest BCUT2D eigenvalue weighted by Crippen LogP contribution is 2.42. The van der Waals surface area contributed by atoms with Gasteiger partial charge in [-0.3, -0.25) is 35.1 Å². The maximum absolute atomic E-state index is 14.8. The maximum atomic E-state index is 14.8. The van der Waals surface area contributed by atoms with Gasteiger partial charge in [-0.2, -0.15) is 0 Å². The zero-order chi connectivity index (χ0) is 70.1. The maximum Gasteiger partial charge on any atom is 0.412 e. The molecule has 0 radical (unpaired) electrons. The molecule has 3 aromatic carbocycles. The van der Waals surface area contributed by atoms with Crippen LogP contribution in [0.4, 0.5) is 31.4 Å². The number of nitrogens with one attached hydrogen (secondary N) is 3. The highest BCUT2D eigenvalue weighted by molar-refractivity contribution is 6.74. The third-order valence-corrected chi connectivity index (χ3v) is 26.8. The van der Waals surface area contributed by atoms with E-state index in [1.807, 2.05) is 0 Å². The van der Waals surface area contributed by atoms with Gasteiger partial charge in [-0.25, -0.2) is 14.4 Å². The lowest BCUT2D eigenvalue weighted by molar-refractivity contribution is 0.0633. The van der Waals surface area contributed by atoms with Crippen molar-refractivity contribution in [2.45, 2.75) is 162 Å². The van der Waals surface area contributed by atoms with E-state index in [0.29, 0.717) is 74.6 Å². The molecule has 0 saturated carbocycles. The number of carbonyl (C=O) groups excluding carboxylic acids is 7. The second kappa shape index (κ2) is 30.6. The van der Waals surface area contributed by atoms with E-state index in [2.05, 4.69) is 96.8 Å². The number of rotatable bonds is 26. The van der Waals surface area contributed by atoms with Crippen LogP contribution in [0.15, 0.2) is 90.7 Å². The molecule has 3 heterocycles. The van der Waals surface area contributed by atoms with Gasteiger partial charge in [0.15, 0.2) is 45.4 Å². The molecule has 0 bridgehead atoms. The minimum Gasteiger partial charge on any atom is -0.493 e. The lowest BCUT2D eigenvalue weighted by atomic mass is 10.0. The molecule has 3 aliphatic rings. The van der Waals surface area contributed by atoms with E-state index in [1.54, 1.807) is 74.0 Å². The minimum absolute atomic E-state index is 0.0314. The van der Waals surface area contributed by atoms with Crippen molar-refractivity contribution >= 4 is 75.4 Å². The van der Waals surface area contributed by atoms with Crippen LogP contribution >= 0.6 is 0 Å². The first-order chi connectivity index (χ1) is 44.4. The number of carbonyl (C=O) groups is 7. The number of ether oxygens (including phenoxy) is 8. The van der Waals surface area contributed by atoms with Crippen molar-refractivity contribution in [1.82, 2.24) is 14.4 Å². The Kier molecular flexibility index (Phi) is 23.8. The first-order valence-corrected chi connectivity index (χ1v) is 37.7. The summed E-state index contributed by atoms with van der Waals surface area (Å²) in [5.74, 6) is -0.561. The van der Waals surface area contributed by atoms with Crippen molar-refractivity contribution in [3.63, 3.8) is 0 Å². The molecule has 1 aromatic heterocycles. The van der Waals surface area contributed by atoms with Gasteiger partial charge in [-0.1, -0.05) is 78.0 Å². The molecule has 0 spiro atoms. The summed E-state index contributed by atoms with van der Waals surface area (Å²) in [5.41, 5.74) is 3.22. The van der Waals surface area contributed by atoms with Crippen molar-refractivity contribution in [3.05, 3.63) is 124 Å². The van der Waals surface area contributed by atoms with E-state index in [9.17, 15) is 33.6 Å². The van der Waals surface area contributed by atoms with Crippen molar-refractivity contribution in [2.75, 3.05) is 76.8 Å². The van der Waals surface area contributed by atoms with Crippen LogP contribution in [-0.2, 0) is 48.1 Å². The predicted octanol–water partition coefficient (Wildman–Crippen LogP) is 14.0. The summed E-state index contributed by atoms with van der Waals surface area (Å²) in [6, 6.07) is 13.6. The average molecular weight is 1350 g/mol. The van der Waals surface area contributed by atoms with Gasteiger partial charge in [0, 0.05) is 44.0 Å². The highest BCUT2D eigenvalue weighted by atomic mass is 28.4. The normalized spacial score (nSPS) is 16.0. The smallest absolute Gasteiger partial charge is 0.412 e. The van der Waals surface area contributed by atoms with Gasteiger partial charge in [0.1, 0.15) is 24.5 Å². The van der Waals surface area contributed by atoms with Crippen LogP contribution in [0, 0.1) is 0 Å². The van der Waals surface area contributed by atoms with Gasteiger partial charge in [-0.05, 0) is 125 Å². The highest BCUT2D eigenvalue weighted by Gasteiger charge is 2.43. The third-order valence-electron chi connectivity index (χ3n) is 17.8. The van der Waals surface area contributed by atoms with E-state index in [4.69, 9.17) is 46.7 Å². The molecule has 1 aliphatic carbocycles. The van der Waals surface area contributed by atoms with E-state index < -0.39 is 52.1 Å². The Morgan fingerprint density at radius 3 is 1.51 bits per heavy atom. The Morgan fingerprint density at radius 2 is 1.05 bits per heavy atom. The number of methoxy groups -OCH3 is 3. The number of likely N-dealkylation sites (tertiary alicyclic amines) is 2. The van der Waals surface area contributed by atoms with Gasteiger partial charge in [-0.15, -0.1) is 0 Å². The first kappa shape index (κ1) is 74.0. The Morgan fingerprint density at radius 1 is 0.589 bits per heavy atom. The Hall–Kier alpha value is -8.40. The quantitative estimate of drug-likeness (QED) is 0.0228. The summed E-state index contributed by atoms with van der Waals surface area (Å²) in [5, 5.41) is 8.12. The number of Topliss-reactive ketones (excluding diaryl/α,β-unsaturated/α-hetero) is 1. The van der Waals surface area contributed by atoms with E-state index >= 15 is 0 Å². The molecule has 23 nitrogen and oxygen atoms in total. The monoisotopic (exact) mass is 1350 g/mol. The van der Waals surface area contributed by atoms with Crippen molar-refractivity contribution in [2.24, 2.45) is 7.05 Å². The summed E-state index contributed by atoms with van der Waals surface area (Å²) < 4.78 is 60.7. The number of aromatic nitrogens is 1. The number of fused-ring (bicyclic) bond motifs is 1. The third kappa shape index (κ3) is 18.8. The van der Waals surface area contributed by atoms with Crippen LogP contribution in [0.2, 0.25) is 36.3 Å². The molecule has 2 saturated heterocycles. The number of amides is 5. The summed E-state index contributed by atoms with van der Waals surface area (Å²) in [6.45, 7) is 36.6. The predicted molar refractivity (Wildman–Crippen MR) is 367 cm³/mol. The number of unbranched alkanes of at least 4 members (excludes halogenated alkanes) is 2. The van der Waals surface area contributed by atoms with Crippen LogP contribution in [0.1, 0.15) is 147 Å². The number of ketones is 2. The summed E-state index contributed by atoms with van der Waals surface area (Å²) in [7, 11) is 1.48. The lowest BCUT2D eigenvalue weighted by Crippen LogP contribution is -2.46. The number of benzene rings is 3. The van der Waals surface area contributed by atoms with Crippen LogP contribution < -0.4 is 34.9 Å². The molecule has 516 valence electrons. The molecule has 95 heavy (non-hydrogen) atoms. The van der Waals surface area contributed by atoms with Crippen LogP contribution in [0.3, 0.4) is 0 Å². The van der Waals surface area contributed by atoms with E-state index in [0.717, 1.165) is 17.2 Å². The average Bonchev–Trinajstić information content (AvgIpc) is 1.68. The zero-order valence-electron chi connectivity index (χ0n) is 58.3. The summed E-state index contributed by atoms with van der Waals surface area (Å²) >= 11 is 0. The topological polar surface area (TPSA) is 259 Å². The number of anilines is 3. The van der Waals surface area contributed by atoms with Gasteiger partial charge in [0.05, 0.1) is 93.6 Å². The number of hydrogen-bond donors (Lipinski definition) is 3. The molecule has 2 atom stereocenters. The largest absolute Gasteiger partial charge is 0.493 e. The SMILES string of the molecule is C=C1C[C@@H](CO[Si](C)(C)C(C)(C)C)N(C(=O)c2cc(OC)c(OCCCCCOc3cc(NC(=O)OC(C)(C)C)c(C(=O)N4CC(=C)C[C@H]4CO[Si](C)(C)C(C)(C)C)cc3OC)cc2NC(=O)OCc2ccc(NC(=O)OCc3cc4c(n3C)C(=O)C=C(OC)C4=O)cc2)C1. The Balaban J connectivity index is 1.01. The number of nitrogens with zero attached hydrogens (tertiary/aromatic N) is 3. The van der Waals surface area contributed by atoms with Crippen molar-refractivity contribution in [3.8, 4) is 23.0 Å². The molecule has 3 N–H and O–H groups in total. The van der Waals surface area contributed by atoms with Crippen molar-refractivity contribution < 1.29 is 80.3 Å². The van der Waals surface area contributed by atoms with Crippen molar-refractivity contribution in [1.29, 1.82) is 0 Å². The number of hydrogen-bond acceptors (Lipinski definition) is 17. The van der Waals surface area contributed by atoms with Gasteiger partial charge in [0.2, 0.25) is 11.6 Å². The second-order valence-corrected chi connectivity index (χ2v) is 37.8. The van der Waals surface area contributed by atoms with Gasteiger partial charge >= 0.3 is 18.3 Å². The summed E-state index contributed by atoms with van der Waals surface area (Å²) in [4.78, 5) is 98.4. The molecule has 7 rings (SSSR count). The first-order valence-electron chi connectivity index (χ1n) is 31.9. The van der Waals surface area contributed by atoms with Gasteiger partial charge in [0.25, 0.3) is 11.8 Å². The summed E-state index contributed by atoms with van der Waals surface area (Å²) in [6.07, 6.45) is 1.58. The number of allylic oxidation sites excluding steroid dienone is 2. The minimum atomic E-state index is -2.21. The molecule has 2 aliphatic heterocycles. The second-order valence-electron chi connectivity index (χ2n) is 28.2. The zero-order valence-corrected chi connectivity index (χ0v) is 60.3. The molecule has 4 aromatic rings. The fourth-order valence-electron chi connectivity index (χ4n) is 10.3. The fourth-order valence-corrected chi connectivity index (χ4v) is 12.4. The molecule has 0 unspecified atom stereocenters. The molecule has 5 amide bonds. The molecular formula is C70H96N6O17Si2. The molecule has 25 heteroatoms. The molecular weight excluding hydrogens is 1250 g/mol. The van der Waals surface area contributed by atoms with E-state index in [-0.39, 0.29) is 124 Å². The van der Waals surface area contributed by atoms with Crippen LogP contribution in [-0.4, -0.2) is 151 Å². The lowest BCUT2D eigenvalue weighted by Gasteiger charge is -2.38. The molecule has 2 fully saturated rings. The Labute approximate surface area is 560 Å². The Bertz CT molecular complexity index is 3590. The fraction of sp³-hybridized carbons (Fsp3) is 0.500. The van der Waals surface area contributed by atoms with E-state index in [1.165, 1.54) is 44.1 Å². The van der Waals surface area contributed by atoms with Gasteiger partial charge < -0.3 is 61.1 Å². The van der Waals surface area contributed by atoms with Crippen LogP contribution in [0.25, 0.3) is 0 Å². The standard InChI is InChI=1S/C70H96N6O17Si2/c1-43-29-48(41-91-94(16,17)69(6,7)8)75(37-43)63(79)50-32-56(84-13)58(34-53(50)72-66(82)89-39-45-23-25-46(26-24-45)71-65(81)90-40-47-31-52-61(74(47)12)55(77)36-60(86-15)62(52)78)87-27-21-20-22-28-88-59-35-54(73-67(83)93-68(3,4)5)51(33-57(59)85-14)64(80)76-38-44(2)30-49(76)42-92-95(18,19)70(9,10)11/h23-26,31-36,48-49H,1-2,20-22,27-30,37-42H2,3-19H3,(H,71,81)(H,72,82)(H,73,83)/t48-,49-/m0/s1.